The molecule has 134 valence electrons. The highest BCUT2D eigenvalue weighted by molar-refractivity contribution is 6.10. The zero-order valence-corrected chi connectivity index (χ0v) is 15.1. The lowest BCUT2D eigenvalue weighted by Gasteiger charge is -2.34. The van der Waals surface area contributed by atoms with Crippen LogP contribution in [0.3, 0.4) is 0 Å². The van der Waals surface area contributed by atoms with Crippen LogP contribution in [0.15, 0.2) is 24.3 Å². The molecule has 3 rings (SSSR count). The van der Waals surface area contributed by atoms with Crippen molar-refractivity contribution in [2.45, 2.75) is 26.8 Å². The van der Waals surface area contributed by atoms with Crippen molar-refractivity contribution >= 4 is 22.8 Å². The highest BCUT2D eigenvalue weighted by Gasteiger charge is 2.33. The maximum absolute atomic E-state index is 13.1. The van der Waals surface area contributed by atoms with Gasteiger partial charge < -0.3 is 14.6 Å². The fourth-order valence-corrected chi connectivity index (χ4v) is 3.62. The van der Waals surface area contributed by atoms with E-state index in [0.29, 0.717) is 19.7 Å². The minimum Gasteiger partial charge on any atom is -0.450 e. The van der Waals surface area contributed by atoms with Crippen LogP contribution in [0.1, 0.15) is 29.9 Å². The summed E-state index contributed by atoms with van der Waals surface area (Å²) in [7, 11) is 0. The van der Waals surface area contributed by atoms with Gasteiger partial charge in [0.15, 0.2) is 0 Å². The lowest BCUT2D eigenvalue weighted by Crippen LogP contribution is -3.18. The van der Waals surface area contributed by atoms with Gasteiger partial charge >= 0.3 is 6.09 Å². The predicted octanol–water partition coefficient (Wildman–Crippen LogP) is 1.40. The van der Waals surface area contributed by atoms with E-state index in [9.17, 15) is 9.59 Å². The van der Waals surface area contributed by atoms with E-state index >= 15 is 0 Å². The van der Waals surface area contributed by atoms with Crippen molar-refractivity contribution in [3.63, 3.8) is 0 Å². The van der Waals surface area contributed by atoms with Gasteiger partial charge in [0.25, 0.3) is 0 Å². The number of fused-ring (bicyclic) bond motifs is 1. The number of amides is 1. The van der Waals surface area contributed by atoms with E-state index in [1.807, 2.05) is 45.0 Å². The minimum atomic E-state index is -0.256. The minimum absolute atomic E-state index is 0.137. The number of carbonyl (C=O) groups excluding carboxylic acids is 2. The number of Topliss-reactive ketones (excluding diaryl/α,β-unsaturated/α-hetero) is 1. The van der Waals surface area contributed by atoms with Crippen LogP contribution in [-0.2, 0) is 4.74 Å². The Hall–Kier alpha value is -2.34. The standard InChI is InChI=1S/C19H25N3O3/c1-4-25-19(24)22-11-9-21(10-12-22)14(3)18(23)17-13(2)20-16-8-6-5-7-15(16)17/h5-8,14,20H,4,9-12H2,1-3H3/p+1/t14-/m0/s1. The van der Waals surface area contributed by atoms with Gasteiger partial charge in [0.2, 0.25) is 5.78 Å². The lowest BCUT2D eigenvalue weighted by molar-refractivity contribution is -0.917. The molecule has 1 fully saturated rings. The largest absolute Gasteiger partial charge is 0.450 e. The quantitative estimate of drug-likeness (QED) is 0.824. The number of nitrogens with zero attached hydrogens (tertiary/aromatic N) is 1. The van der Waals surface area contributed by atoms with Crippen molar-refractivity contribution in [3.05, 3.63) is 35.5 Å². The molecule has 2 aromatic rings. The van der Waals surface area contributed by atoms with Crippen molar-refractivity contribution in [2.75, 3.05) is 32.8 Å². The normalized spacial score (nSPS) is 16.8. The first-order valence-electron chi connectivity index (χ1n) is 8.90. The molecule has 6 heteroatoms. The summed E-state index contributed by atoms with van der Waals surface area (Å²) in [6, 6.07) is 7.78. The second kappa shape index (κ2) is 7.27. The van der Waals surface area contributed by atoms with E-state index in [0.717, 1.165) is 35.2 Å². The van der Waals surface area contributed by atoms with Gasteiger partial charge in [-0.2, -0.15) is 0 Å². The summed E-state index contributed by atoms with van der Waals surface area (Å²) in [5.41, 5.74) is 2.71. The van der Waals surface area contributed by atoms with Crippen LogP contribution in [-0.4, -0.2) is 60.6 Å². The molecule has 0 saturated carbocycles. The Bertz CT molecular complexity index is 775. The third kappa shape index (κ3) is 3.39. The van der Waals surface area contributed by atoms with Crippen LogP contribution in [0, 0.1) is 6.92 Å². The number of carbonyl (C=O) groups is 2. The zero-order chi connectivity index (χ0) is 18.0. The zero-order valence-electron chi connectivity index (χ0n) is 15.1. The summed E-state index contributed by atoms with van der Waals surface area (Å²) < 4.78 is 5.05. The number of aromatic amines is 1. The molecule has 6 nitrogen and oxygen atoms in total. The average molecular weight is 344 g/mol. The summed E-state index contributed by atoms with van der Waals surface area (Å²) >= 11 is 0. The van der Waals surface area contributed by atoms with E-state index < -0.39 is 0 Å². The SMILES string of the molecule is CCOC(=O)N1CC[NH+]([C@@H](C)C(=O)c2c(C)[nH]c3ccccc23)CC1. The van der Waals surface area contributed by atoms with Crippen LogP contribution in [0.4, 0.5) is 4.79 Å². The number of piperazine rings is 1. The third-order valence-corrected chi connectivity index (χ3v) is 5.08. The Morgan fingerprint density at radius 1 is 1.28 bits per heavy atom. The Kier molecular flexibility index (Phi) is 5.08. The number of rotatable bonds is 4. The number of ketones is 1. The number of nitrogens with one attached hydrogen (secondary N) is 2. The molecular formula is C19H26N3O3+. The smallest absolute Gasteiger partial charge is 0.410 e. The Balaban J connectivity index is 1.71. The Morgan fingerprint density at radius 2 is 1.96 bits per heavy atom. The van der Waals surface area contributed by atoms with Crippen LogP contribution < -0.4 is 4.90 Å². The van der Waals surface area contributed by atoms with Crippen LogP contribution >= 0.6 is 0 Å². The fraction of sp³-hybridized carbons (Fsp3) is 0.474. The molecule has 1 aromatic carbocycles. The molecule has 0 radical (unpaired) electrons. The summed E-state index contributed by atoms with van der Waals surface area (Å²) in [6.07, 6.45) is -0.256. The molecule has 0 spiro atoms. The van der Waals surface area contributed by atoms with Gasteiger partial charge in [-0.25, -0.2) is 4.79 Å². The maximum Gasteiger partial charge on any atom is 0.410 e. The van der Waals surface area contributed by atoms with E-state index in [1.54, 1.807) is 4.90 Å². The molecule has 1 aliphatic rings. The van der Waals surface area contributed by atoms with Crippen molar-refractivity contribution in [2.24, 2.45) is 0 Å². The number of aromatic nitrogens is 1. The highest BCUT2D eigenvalue weighted by Crippen LogP contribution is 2.22. The van der Waals surface area contributed by atoms with Gasteiger partial charge in [-0.1, -0.05) is 18.2 Å². The van der Waals surface area contributed by atoms with Gasteiger partial charge in [-0.05, 0) is 26.8 Å². The van der Waals surface area contributed by atoms with Gasteiger partial charge in [-0.3, -0.25) is 9.69 Å². The summed E-state index contributed by atoms with van der Waals surface area (Å²) in [5, 5.41) is 0.987. The summed E-state index contributed by atoms with van der Waals surface area (Å²) in [5.74, 6) is 0.162. The van der Waals surface area contributed by atoms with Gasteiger partial charge in [0.1, 0.15) is 6.04 Å². The van der Waals surface area contributed by atoms with Gasteiger partial charge in [0.05, 0.1) is 38.3 Å². The second-order valence-corrected chi connectivity index (χ2v) is 6.60. The van der Waals surface area contributed by atoms with Crippen LogP contribution in [0.25, 0.3) is 10.9 Å². The first kappa shape index (κ1) is 17.5. The predicted molar refractivity (Wildman–Crippen MR) is 96.1 cm³/mol. The first-order valence-corrected chi connectivity index (χ1v) is 8.90. The molecule has 1 amide bonds. The van der Waals surface area contributed by atoms with E-state index in [1.165, 1.54) is 4.90 Å². The van der Waals surface area contributed by atoms with Gasteiger partial charge in [0, 0.05) is 16.6 Å². The maximum atomic E-state index is 13.1. The number of aryl methyl sites for hydroxylation is 1. The Morgan fingerprint density at radius 3 is 2.64 bits per heavy atom. The molecular weight excluding hydrogens is 318 g/mol. The number of quaternary nitrogens is 1. The lowest BCUT2D eigenvalue weighted by atomic mass is 10.0. The monoisotopic (exact) mass is 344 g/mol. The van der Waals surface area contributed by atoms with Crippen molar-refractivity contribution in [3.8, 4) is 0 Å². The van der Waals surface area contributed by atoms with Crippen LogP contribution in [0.5, 0.6) is 0 Å². The topological polar surface area (TPSA) is 66.8 Å². The molecule has 0 bridgehead atoms. The molecule has 0 unspecified atom stereocenters. The van der Waals surface area contributed by atoms with E-state index in [2.05, 4.69) is 4.98 Å². The summed E-state index contributed by atoms with van der Waals surface area (Å²) in [4.78, 5) is 31.2. The number of H-pyrrole nitrogens is 1. The number of benzene rings is 1. The molecule has 1 aliphatic heterocycles. The van der Waals surface area contributed by atoms with E-state index in [-0.39, 0.29) is 17.9 Å². The van der Waals surface area contributed by atoms with Crippen molar-refractivity contribution in [1.82, 2.24) is 9.88 Å². The first-order chi connectivity index (χ1) is 12.0. The van der Waals surface area contributed by atoms with E-state index in [4.69, 9.17) is 4.74 Å². The van der Waals surface area contributed by atoms with Crippen molar-refractivity contribution in [1.29, 1.82) is 0 Å². The number of hydrogen-bond acceptors (Lipinski definition) is 3. The highest BCUT2D eigenvalue weighted by atomic mass is 16.6. The van der Waals surface area contributed by atoms with Crippen LogP contribution in [0.2, 0.25) is 0 Å². The number of hydrogen-bond donors (Lipinski definition) is 2. The molecule has 1 atom stereocenters. The molecule has 0 aliphatic carbocycles. The molecule has 1 aromatic heterocycles. The number of ether oxygens (including phenoxy) is 1. The average Bonchev–Trinajstić information content (AvgIpc) is 2.96. The van der Waals surface area contributed by atoms with Crippen molar-refractivity contribution < 1.29 is 19.2 Å². The molecule has 2 N–H and O–H groups in total. The summed E-state index contributed by atoms with van der Waals surface area (Å²) in [6.45, 7) is 8.90. The third-order valence-electron chi connectivity index (χ3n) is 5.08. The second-order valence-electron chi connectivity index (χ2n) is 6.60. The molecule has 1 saturated heterocycles. The fourth-order valence-electron chi connectivity index (χ4n) is 3.62. The Labute approximate surface area is 147 Å². The van der Waals surface area contributed by atoms with Gasteiger partial charge in [-0.15, -0.1) is 0 Å². The molecule has 25 heavy (non-hydrogen) atoms. The number of para-hydroxylation sites is 1. The molecule has 2 heterocycles.